The fourth-order valence-electron chi connectivity index (χ4n) is 3.82. The van der Waals surface area contributed by atoms with Gasteiger partial charge >= 0.3 is 0 Å². The minimum Gasteiger partial charge on any atom is -0.497 e. The van der Waals surface area contributed by atoms with Crippen LogP contribution in [0.3, 0.4) is 0 Å². The molecule has 2 heterocycles. The number of para-hydroxylation sites is 2. The van der Waals surface area contributed by atoms with Gasteiger partial charge < -0.3 is 9.72 Å². The summed E-state index contributed by atoms with van der Waals surface area (Å²) in [7, 11) is 1.64. The summed E-state index contributed by atoms with van der Waals surface area (Å²) in [6.07, 6.45) is 4.68. The van der Waals surface area contributed by atoms with Gasteiger partial charge in [-0.05, 0) is 65.7 Å². The van der Waals surface area contributed by atoms with E-state index in [1.807, 2.05) is 79.0 Å². The van der Waals surface area contributed by atoms with Crippen molar-refractivity contribution in [3.05, 3.63) is 101 Å². The summed E-state index contributed by atoms with van der Waals surface area (Å²) in [5.74, 6) is 0.763. The summed E-state index contributed by atoms with van der Waals surface area (Å²) in [5.41, 5.74) is 4.07. The van der Waals surface area contributed by atoms with Gasteiger partial charge in [-0.15, -0.1) is 0 Å². The topological polar surface area (TPSA) is 57.7 Å². The van der Waals surface area contributed by atoms with E-state index in [1.54, 1.807) is 12.0 Å². The number of carbonyl (C=O) groups is 1. The number of amides is 1. The molecule has 0 saturated carbocycles. The summed E-state index contributed by atoms with van der Waals surface area (Å²) in [6.45, 7) is 0.555. The molecule has 1 aliphatic heterocycles. The van der Waals surface area contributed by atoms with Gasteiger partial charge in [-0.1, -0.05) is 48.5 Å². The van der Waals surface area contributed by atoms with Crippen LogP contribution in [0.25, 0.3) is 17.0 Å². The van der Waals surface area contributed by atoms with E-state index in [0.717, 1.165) is 28.9 Å². The number of aromatic nitrogens is 1. The molecule has 6 heteroatoms. The maximum atomic E-state index is 13.4. The number of aliphatic imine (C=N–C) groups is 1. The zero-order chi connectivity index (χ0) is 22.6. The van der Waals surface area contributed by atoms with E-state index in [2.05, 4.69) is 17.1 Å². The molecule has 4 aromatic rings. The van der Waals surface area contributed by atoms with E-state index >= 15 is 0 Å². The van der Waals surface area contributed by atoms with Crippen molar-refractivity contribution in [2.45, 2.75) is 6.42 Å². The summed E-state index contributed by atoms with van der Waals surface area (Å²) in [6, 6.07) is 25.7. The number of aromatic amines is 1. The molecule has 3 aromatic carbocycles. The van der Waals surface area contributed by atoms with Crippen molar-refractivity contribution < 1.29 is 9.53 Å². The lowest BCUT2D eigenvalue weighted by Crippen LogP contribution is -2.31. The summed E-state index contributed by atoms with van der Waals surface area (Å²) in [4.78, 5) is 23.9. The Bertz CT molecular complexity index is 1340. The molecule has 0 atom stereocenters. The van der Waals surface area contributed by atoms with Gasteiger partial charge in [0, 0.05) is 23.6 Å². The molecular formula is C27H23N3O2S. The SMILES string of the molecule is COc1ccc(C=C2SC(=Nc3ccccc3)N(CCc3c[nH]c4ccccc34)C2=O)cc1. The highest BCUT2D eigenvalue weighted by Gasteiger charge is 2.33. The van der Waals surface area contributed by atoms with E-state index in [4.69, 9.17) is 9.73 Å². The second-order valence-electron chi connectivity index (χ2n) is 7.68. The number of hydrogen-bond acceptors (Lipinski definition) is 4. The molecule has 0 radical (unpaired) electrons. The van der Waals surface area contributed by atoms with Gasteiger partial charge in [-0.3, -0.25) is 9.69 Å². The van der Waals surface area contributed by atoms with E-state index in [0.29, 0.717) is 16.6 Å². The third-order valence-electron chi connectivity index (χ3n) is 5.56. The van der Waals surface area contributed by atoms with Crippen LogP contribution in [0.5, 0.6) is 5.75 Å². The number of H-pyrrole nitrogens is 1. The van der Waals surface area contributed by atoms with Crippen molar-refractivity contribution in [1.82, 2.24) is 9.88 Å². The molecule has 1 saturated heterocycles. The molecule has 164 valence electrons. The lowest BCUT2D eigenvalue weighted by atomic mass is 10.1. The van der Waals surface area contributed by atoms with Crippen LogP contribution < -0.4 is 4.74 Å². The van der Waals surface area contributed by atoms with Gasteiger partial charge in [0.2, 0.25) is 0 Å². The molecule has 1 aliphatic rings. The van der Waals surface area contributed by atoms with Gasteiger partial charge in [-0.2, -0.15) is 0 Å². The normalized spacial score (nSPS) is 16.3. The number of benzene rings is 3. The van der Waals surface area contributed by atoms with Gasteiger partial charge in [0.25, 0.3) is 5.91 Å². The molecule has 33 heavy (non-hydrogen) atoms. The molecule has 0 spiro atoms. The first-order valence-corrected chi connectivity index (χ1v) is 11.6. The van der Waals surface area contributed by atoms with Crippen LogP contribution in [0.4, 0.5) is 5.69 Å². The van der Waals surface area contributed by atoms with Gasteiger partial charge in [-0.25, -0.2) is 4.99 Å². The number of fused-ring (bicyclic) bond motifs is 1. The third kappa shape index (κ3) is 4.56. The quantitative estimate of drug-likeness (QED) is 0.363. The Balaban J connectivity index is 1.44. The summed E-state index contributed by atoms with van der Waals surface area (Å²) in [5, 5.41) is 1.89. The van der Waals surface area contributed by atoms with Crippen molar-refractivity contribution in [2.24, 2.45) is 4.99 Å². The lowest BCUT2D eigenvalue weighted by molar-refractivity contribution is -0.122. The highest BCUT2D eigenvalue weighted by atomic mass is 32.2. The van der Waals surface area contributed by atoms with Crippen LogP contribution in [0, 0.1) is 0 Å². The summed E-state index contributed by atoms with van der Waals surface area (Å²) < 4.78 is 5.24. The lowest BCUT2D eigenvalue weighted by Gasteiger charge is -2.15. The maximum Gasteiger partial charge on any atom is 0.266 e. The highest BCUT2D eigenvalue weighted by Crippen LogP contribution is 2.34. The Labute approximate surface area is 196 Å². The smallest absolute Gasteiger partial charge is 0.266 e. The number of nitrogens with one attached hydrogen (secondary N) is 1. The molecule has 5 nitrogen and oxygen atoms in total. The van der Waals surface area contributed by atoms with Crippen LogP contribution in [-0.4, -0.2) is 34.6 Å². The third-order valence-corrected chi connectivity index (χ3v) is 6.57. The van der Waals surface area contributed by atoms with Crippen LogP contribution in [-0.2, 0) is 11.2 Å². The van der Waals surface area contributed by atoms with E-state index < -0.39 is 0 Å². The van der Waals surface area contributed by atoms with Crippen molar-refractivity contribution in [1.29, 1.82) is 0 Å². The highest BCUT2D eigenvalue weighted by molar-refractivity contribution is 8.18. The number of carbonyl (C=O) groups excluding carboxylic acids is 1. The molecule has 0 bridgehead atoms. The Hall–Kier alpha value is -3.77. The molecular weight excluding hydrogens is 430 g/mol. The average molecular weight is 454 g/mol. The van der Waals surface area contributed by atoms with Crippen molar-refractivity contribution in [3.63, 3.8) is 0 Å². The summed E-state index contributed by atoms with van der Waals surface area (Å²) >= 11 is 1.42. The van der Waals surface area contributed by atoms with Gasteiger partial charge in [0.1, 0.15) is 5.75 Å². The zero-order valence-electron chi connectivity index (χ0n) is 18.2. The number of methoxy groups -OCH3 is 1. The minimum atomic E-state index is -0.0228. The average Bonchev–Trinajstić information content (AvgIpc) is 3.39. The second-order valence-corrected chi connectivity index (χ2v) is 8.69. The molecule has 1 amide bonds. The minimum absolute atomic E-state index is 0.0228. The van der Waals surface area contributed by atoms with Crippen LogP contribution in [0.1, 0.15) is 11.1 Å². The predicted octanol–water partition coefficient (Wildman–Crippen LogP) is 6.02. The Kier molecular flexibility index (Phi) is 6.00. The van der Waals surface area contributed by atoms with Crippen LogP contribution in [0.15, 0.2) is 95.0 Å². The van der Waals surface area contributed by atoms with Gasteiger partial charge in [0.15, 0.2) is 5.17 Å². The molecule has 0 unspecified atom stereocenters. The largest absolute Gasteiger partial charge is 0.497 e. The molecule has 1 fully saturated rings. The van der Waals surface area contributed by atoms with Crippen LogP contribution in [0.2, 0.25) is 0 Å². The Morgan fingerprint density at radius 1 is 1.00 bits per heavy atom. The monoisotopic (exact) mass is 453 g/mol. The zero-order valence-corrected chi connectivity index (χ0v) is 19.0. The van der Waals surface area contributed by atoms with E-state index in [-0.39, 0.29) is 5.91 Å². The van der Waals surface area contributed by atoms with E-state index in [1.165, 1.54) is 22.7 Å². The molecule has 5 rings (SSSR count). The van der Waals surface area contributed by atoms with Crippen LogP contribution >= 0.6 is 11.8 Å². The first kappa shape index (κ1) is 21.1. The van der Waals surface area contributed by atoms with Crippen molar-refractivity contribution in [2.75, 3.05) is 13.7 Å². The van der Waals surface area contributed by atoms with Crippen molar-refractivity contribution >= 4 is 45.5 Å². The fourth-order valence-corrected chi connectivity index (χ4v) is 4.85. The molecule has 1 N–H and O–H groups in total. The molecule has 1 aromatic heterocycles. The first-order valence-electron chi connectivity index (χ1n) is 10.8. The standard InChI is InChI=1S/C27H23N3O2S/c1-32-22-13-11-19(12-14-22)17-25-26(31)30(27(33-25)29-21-7-3-2-4-8-21)16-15-20-18-28-24-10-6-5-9-23(20)24/h2-14,17-18,28H,15-16H2,1H3. The number of ether oxygens (including phenoxy) is 1. The Morgan fingerprint density at radius 3 is 2.55 bits per heavy atom. The molecule has 0 aliphatic carbocycles. The predicted molar refractivity (Wildman–Crippen MR) is 136 cm³/mol. The van der Waals surface area contributed by atoms with Gasteiger partial charge in [0.05, 0.1) is 17.7 Å². The number of hydrogen-bond donors (Lipinski definition) is 1. The second kappa shape index (κ2) is 9.38. The first-order chi connectivity index (χ1) is 16.2. The Morgan fingerprint density at radius 2 is 1.76 bits per heavy atom. The number of rotatable bonds is 6. The fraction of sp³-hybridized carbons (Fsp3) is 0.111. The van der Waals surface area contributed by atoms with Crippen molar-refractivity contribution in [3.8, 4) is 5.75 Å². The number of nitrogens with zero attached hydrogens (tertiary/aromatic N) is 2. The number of thioether (sulfide) groups is 1. The van der Waals surface area contributed by atoms with E-state index in [9.17, 15) is 4.79 Å². The number of amidine groups is 1. The maximum absolute atomic E-state index is 13.4.